The first-order chi connectivity index (χ1) is 13.2. The molecule has 146 valence electrons. The van der Waals surface area contributed by atoms with Crippen LogP contribution in [0, 0.1) is 5.92 Å². The summed E-state index contributed by atoms with van der Waals surface area (Å²) in [6.45, 7) is 10.2. The lowest BCUT2D eigenvalue weighted by atomic mass is 10.2. The highest BCUT2D eigenvalue weighted by molar-refractivity contribution is 5.90. The summed E-state index contributed by atoms with van der Waals surface area (Å²) in [7, 11) is 0. The highest BCUT2D eigenvalue weighted by atomic mass is 15.3. The monoisotopic (exact) mass is 367 g/mol. The fourth-order valence-electron chi connectivity index (χ4n) is 4.46. The predicted molar refractivity (Wildman–Crippen MR) is 114 cm³/mol. The van der Waals surface area contributed by atoms with Crippen molar-refractivity contribution in [1.82, 2.24) is 14.9 Å². The van der Waals surface area contributed by atoms with E-state index in [1.165, 1.54) is 50.6 Å². The molecule has 0 spiro atoms. The summed E-state index contributed by atoms with van der Waals surface area (Å²) in [6.07, 6.45) is 6.35. The van der Waals surface area contributed by atoms with Crippen molar-refractivity contribution in [2.24, 2.45) is 5.92 Å². The van der Waals surface area contributed by atoms with E-state index in [-0.39, 0.29) is 0 Å². The van der Waals surface area contributed by atoms with Crippen molar-refractivity contribution in [3.63, 3.8) is 0 Å². The van der Waals surface area contributed by atoms with Gasteiger partial charge in [-0.3, -0.25) is 0 Å². The molecule has 5 nitrogen and oxygen atoms in total. The van der Waals surface area contributed by atoms with Gasteiger partial charge in [-0.15, -0.1) is 0 Å². The Balaban J connectivity index is 1.56. The van der Waals surface area contributed by atoms with Gasteiger partial charge in [-0.05, 0) is 37.3 Å². The van der Waals surface area contributed by atoms with Crippen molar-refractivity contribution in [1.29, 1.82) is 0 Å². The molecule has 0 bridgehead atoms. The number of rotatable bonds is 5. The maximum atomic E-state index is 5.00. The van der Waals surface area contributed by atoms with E-state index in [0.717, 1.165) is 42.8 Å². The maximum Gasteiger partial charge on any atom is 0.225 e. The molecule has 2 aliphatic heterocycles. The number of nitrogens with one attached hydrogen (secondary N) is 1. The van der Waals surface area contributed by atoms with E-state index in [2.05, 4.69) is 53.2 Å². The van der Waals surface area contributed by atoms with Crippen LogP contribution in [0.1, 0.15) is 46.0 Å². The van der Waals surface area contributed by atoms with Crippen LogP contribution in [0.25, 0.3) is 10.9 Å². The van der Waals surface area contributed by atoms with Crippen molar-refractivity contribution >= 4 is 22.7 Å². The van der Waals surface area contributed by atoms with Crippen molar-refractivity contribution < 1.29 is 0 Å². The smallest absolute Gasteiger partial charge is 0.225 e. The first-order valence-electron chi connectivity index (χ1n) is 10.7. The molecule has 0 amide bonds. The zero-order chi connectivity index (χ0) is 18.6. The molecule has 27 heavy (non-hydrogen) atoms. The Kier molecular flexibility index (Phi) is 5.77. The van der Waals surface area contributed by atoms with E-state index in [4.69, 9.17) is 9.97 Å². The van der Waals surface area contributed by atoms with Crippen LogP contribution in [0.15, 0.2) is 24.3 Å². The average Bonchev–Trinajstić information content (AvgIpc) is 2.92. The normalized spacial score (nSPS) is 21.7. The molecule has 1 aromatic carbocycles. The minimum absolute atomic E-state index is 0.446. The summed E-state index contributed by atoms with van der Waals surface area (Å²) in [5, 5.41) is 4.82. The van der Waals surface area contributed by atoms with Gasteiger partial charge in [0, 0.05) is 44.2 Å². The van der Waals surface area contributed by atoms with Gasteiger partial charge in [0.1, 0.15) is 5.82 Å². The third-order valence-electron chi connectivity index (χ3n) is 5.72. The molecule has 3 heterocycles. The average molecular weight is 368 g/mol. The topological polar surface area (TPSA) is 44.3 Å². The maximum absolute atomic E-state index is 5.00. The number of fused-ring (bicyclic) bond motifs is 1. The second-order valence-corrected chi connectivity index (χ2v) is 8.57. The summed E-state index contributed by atoms with van der Waals surface area (Å²) in [6, 6.07) is 8.90. The van der Waals surface area contributed by atoms with Crippen LogP contribution in [0.3, 0.4) is 0 Å². The number of anilines is 2. The zero-order valence-electron chi connectivity index (χ0n) is 16.8. The Labute approximate surface area is 163 Å². The molecule has 0 saturated carbocycles. The lowest BCUT2D eigenvalue weighted by Crippen LogP contribution is -2.30. The standard InChI is InChI=1S/C22H33N5/c1-17(2)15-26-14-11-18(16-26)23-22-24-20-10-6-5-9-19(20)21(25-22)27-12-7-3-4-8-13-27/h5-6,9-10,17-18H,3-4,7-8,11-16H2,1-2H3,(H,23,24,25)/t18-/m1/s1. The minimum atomic E-state index is 0.446. The van der Waals surface area contributed by atoms with Gasteiger partial charge in [0.2, 0.25) is 5.95 Å². The Bertz CT molecular complexity index is 751. The van der Waals surface area contributed by atoms with Crippen molar-refractivity contribution in [3.8, 4) is 0 Å². The summed E-state index contributed by atoms with van der Waals surface area (Å²) < 4.78 is 0. The van der Waals surface area contributed by atoms with Crippen molar-refractivity contribution in [2.75, 3.05) is 42.9 Å². The number of hydrogen-bond donors (Lipinski definition) is 1. The minimum Gasteiger partial charge on any atom is -0.356 e. The molecule has 2 aromatic rings. The number of aromatic nitrogens is 2. The van der Waals surface area contributed by atoms with Gasteiger partial charge in [0.05, 0.1) is 5.52 Å². The van der Waals surface area contributed by atoms with Gasteiger partial charge in [-0.2, -0.15) is 4.98 Å². The van der Waals surface area contributed by atoms with E-state index < -0.39 is 0 Å². The third-order valence-corrected chi connectivity index (χ3v) is 5.72. The van der Waals surface area contributed by atoms with Gasteiger partial charge in [-0.25, -0.2) is 4.98 Å². The highest BCUT2D eigenvalue weighted by Crippen LogP contribution is 2.28. The molecule has 1 aromatic heterocycles. The zero-order valence-corrected chi connectivity index (χ0v) is 16.8. The van der Waals surface area contributed by atoms with Crippen LogP contribution in [0.2, 0.25) is 0 Å². The van der Waals surface area contributed by atoms with Gasteiger partial charge in [-0.1, -0.05) is 38.8 Å². The largest absolute Gasteiger partial charge is 0.356 e. The van der Waals surface area contributed by atoms with Crippen LogP contribution in [-0.4, -0.2) is 53.6 Å². The fourth-order valence-corrected chi connectivity index (χ4v) is 4.46. The second kappa shape index (κ2) is 8.42. The van der Waals surface area contributed by atoms with E-state index in [1.54, 1.807) is 0 Å². The van der Waals surface area contributed by atoms with Crippen molar-refractivity contribution in [2.45, 2.75) is 52.0 Å². The van der Waals surface area contributed by atoms with E-state index in [0.29, 0.717) is 6.04 Å². The third kappa shape index (κ3) is 4.52. The molecule has 2 fully saturated rings. The molecule has 0 aliphatic carbocycles. The van der Waals surface area contributed by atoms with Crippen molar-refractivity contribution in [3.05, 3.63) is 24.3 Å². The Morgan fingerprint density at radius 1 is 1.04 bits per heavy atom. The molecule has 2 saturated heterocycles. The van der Waals surface area contributed by atoms with Crippen LogP contribution in [0.5, 0.6) is 0 Å². The number of nitrogens with zero attached hydrogens (tertiary/aromatic N) is 4. The Hall–Kier alpha value is -1.88. The molecule has 1 atom stereocenters. The van der Waals surface area contributed by atoms with Gasteiger partial charge in [0.25, 0.3) is 0 Å². The summed E-state index contributed by atoms with van der Waals surface area (Å²) in [5.41, 5.74) is 1.05. The Morgan fingerprint density at radius 3 is 2.59 bits per heavy atom. The lowest BCUT2D eigenvalue weighted by Gasteiger charge is -2.24. The SMILES string of the molecule is CC(C)CN1CC[C@@H](Nc2nc(N3CCCCCC3)c3ccccc3n2)C1. The first kappa shape index (κ1) is 18.5. The Morgan fingerprint density at radius 2 is 1.81 bits per heavy atom. The summed E-state index contributed by atoms with van der Waals surface area (Å²) >= 11 is 0. The predicted octanol–water partition coefficient (Wildman–Crippen LogP) is 4.15. The summed E-state index contributed by atoms with van der Waals surface area (Å²) in [4.78, 5) is 14.9. The number of benzene rings is 1. The van der Waals surface area contributed by atoms with Gasteiger partial charge >= 0.3 is 0 Å². The summed E-state index contributed by atoms with van der Waals surface area (Å²) in [5.74, 6) is 2.63. The molecular formula is C22H33N5. The number of hydrogen-bond acceptors (Lipinski definition) is 5. The lowest BCUT2D eigenvalue weighted by molar-refractivity contribution is 0.296. The van der Waals surface area contributed by atoms with E-state index >= 15 is 0 Å². The van der Waals surface area contributed by atoms with Crippen LogP contribution in [-0.2, 0) is 0 Å². The number of para-hydroxylation sites is 1. The molecule has 4 rings (SSSR count). The molecule has 2 aliphatic rings. The van der Waals surface area contributed by atoms with Crippen LogP contribution >= 0.6 is 0 Å². The highest BCUT2D eigenvalue weighted by Gasteiger charge is 2.24. The van der Waals surface area contributed by atoms with E-state index in [1.807, 2.05) is 0 Å². The first-order valence-corrected chi connectivity index (χ1v) is 10.7. The second-order valence-electron chi connectivity index (χ2n) is 8.57. The number of likely N-dealkylation sites (tertiary alicyclic amines) is 1. The molecule has 1 N–H and O–H groups in total. The molecular weight excluding hydrogens is 334 g/mol. The van der Waals surface area contributed by atoms with Gasteiger partial charge in [0.15, 0.2) is 0 Å². The van der Waals surface area contributed by atoms with E-state index in [9.17, 15) is 0 Å². The molecule has 0 radical (unpaired) electrons. The van der Waals surface area contributed by atoms with Gasteiger partial charge < -0.3 is 15.1 Å². The fraction of sp³-hybridized carbons (Fsp3) is 0.636. The molecule has 0 unspecified atom stereocenters. The van der Waals surface area contributed by atoms with Crippen LogP contribution < -0.4 is 10.2 Å². The molecule has 5 heteroatoms. The quantitative estimate of drug-likeness (QED) is 0.860. The van der Waals surface area contributed by atoms with Crippen LogP contribution in [0.4, 0.5) is 11.8 Å².